The molecule has 1 aromatic rings. The van der Waals surface area contributed by atoms with E-state index in [9.17, 15) is 9.59 Å². The molecule has 0 saturated carbocycles. The summed E-state index contributed by atoms with van der Waals surface area (Å²) in [5, 5.41) is 4.14. The van der Waals surface area contributed by atoms with Crippen molar-refractivity contribution in [2.75, 3.05) is 46.0 Å². The molecular weight excluding hydrogens is 312 g/mol. The topological polar surface area (TPSA) is 76.9 Å². The van der Waals surface area contributed by atoms with E-state index in [2.05, 4.69) is 5.10 Å². The van der Waals surface area contributed by atoms with Gasteiger partial charge in [-0.3, -0.25) is 14.3 Å². The number of aromatic nitrogens is 2. The molecule has 0 aromatic carbocycles. The van der Waals surface area contributed by atoms with Crippen LogP contribution in [0.25, 0.3) is 0 Å². The van der Waals surface area contributed by atoms with E-state index < -0.39 is 5.60 Å². The van der Waals surface area contributed by atoms with E-state index in [0.717, 1.165) is 5.56 Å². The first-order valence-electron chi connectivity index (χ1n) is 8.26. The number of hydrogen-bond acceptors (Lipinski definition) is 5. The van der Waals surface area contributed by atoms with Crippen molar-refractivity contribution in [2.45, 2.75) is 26.0 Å². The number of morpholine rings is 2. The molecule has 3 heterocycles. The molecule has 0 N–H and O–H groups in total. The molecule has 8 nitrogen and oxygen atoms in total. The zero-order chi connectivity index (χ0) is 17.2. The first-order valence-corrected chi connectivity index (χ1v) is 8.26. The maximum absolute atomic E-state index is 12.8. The van der Waals surface area contributed by atoms with E-state index in [1.807, 2.05) is 13.1 Å². The van der Waals surface area contributed by atoms with Crippen LogP contribution in [0.5, 0.6) is 0 Å². The zero-order valence-corrected chi connectivity index (χ0v) is 14.2. The number of nitrogens with zero attached hydrogens (tertiary/aromatic N) is 4. The summed E-state index contributed by atoms with van der Waals surface area (Å²) in [6.07, 6.45) is 3.55. The second kappa shape index (κ2) is 6.90. The third-order valence-electron chi connectivity index (χ3n) is 4.44. The van der Waals surface area contributed by atoms with Crippen molar-refractivity contribution < 1.29 is 19.1 Å². The van der Waals surface area contributed by atoms with Gasteiger partial charge >= 0.3 is 0 Å². The zero-order valence-electron chi connectivity index (χ0n) is 14.2. The molecule has 2 aliphatic heterocycles. The Labute approximate surface area is 141 Å². The molecular formula is C16H24N4O4. The van der Waals surface area contributed by atoms with Crippen LogP contribution >= 0.6 is 0 Å². The lowest BCUT2D eigenvalue weighted by molar-refractivity contribution is -0.174. The summed E-state index contributed by atoms with van der Waals surface area (Å²) >= 11 is 0. The number of carbonyl (C=O) groups excluding carboxylic acids is 2. The number of rotatable bonds is 3. The Morgan fingerprint density at radius 3 is 2.58 bits per heavy atom. The van der Waals surface area contributed by atoms with Gasteiger partial charge in [-0.15, -0.1) is 0 Å². The molecule has 0 aliphatic carbocycles. The molecule has 0 bridgehead atoms. The van der Waals surface area contributed by atoms with Crippen LogP contribution in [0, 0.1) is 6.92 Å². The summed E-state index contributed by atoms with van der Waals surface area (Å²) in [7, 11) is 0. The van der Waals surface area contributed by atoms with Gasteiger partial charge in [0, 0.05) is 25.8 Å². The van der Waals surface area contributed by atoms with Crippen LogP contribution < -0.4 is 0 Å². The van der Waals surface area contributed by atoms with Crippen molar-refractivity contribution in [1.29, 1.82) is 0 Å². The number of aryl methyl sites for hydroxylation is 1. The van der Waals surface area contributed by atoms with E-state index in [1.54, 1.807) is 27.6 Å². The van der Waals surface area contributed by atoms with Crippen molar-refractivity contribution in [2.24, 2.45) is 0 Å². The Bertz CT molecular complexity index is 611. The SMILES string of the molecule is Cc1cnn(CC(=O)N2CCOC(C)(C(=O)N3CCOCC3)C2)c1. The molecule has 0 radical (unpaired) electrons. The molecule has 0 spiro atoms. The maximum atomic E-state index is 12.8. The average molecular weight is 336 g/mol. The lowest BCUT2D eigenvalue weighted by Gasteiger charge is -2.42. The third-order valence-corrected chi connectivity index (χ3v) is 4.44. The Hall–Kier alpha value is -1.93. The Balaban J connectivity index is 1.64. The minimum Gasteiger partial charge on any atom is -0.378 e. The van der Waals surface area contributed by atoms with Crippen LogP contribution in [-0.4, -0.2) is 83.0 Å². The van der Waals surface area contributed by atoms with Gasteiger partial charge in [0.2, 0.25) is 5.91 Å². The molecule has 132 valence electrons. The highest BCUT2D eigenvalue weighted by molar-refractivity contribution is 5.86. The minimum atomic E-state index is -0.995. The average Bonchev–Trinajstić information content (AvgIpc) is 3.00. The largest absolute Gasteiger partial charge is 0.378 e. The first-order chi connectivity index (χ1) is 11.5. The number of amides is 2. The predicted molar refractivity (Wildman–Crippen MR) is 85.3 cm³/mol. The quantitative estimate of drug-likeness (QED) is 0.755. The number of ether oxygens (including phenoxy) is 2. The van der Waals surface area contributed by atoms with Crippen molar-refractivity contribution >= 4 is 11.8 Å². The monoisotopic (exact) mass is 336 g/mol. The summed E-state index contributed by atoms with van der Waals surface area (Å²) in [4.78, 5) is 28.8. The maximum Gasteiger partial charge on any atom is 0.256 e. The first kappa shape index (κ1) is 16.9. The molecule has 2 aliphatic rings. The van der Waals surface area contributed by atoms with Crippen LogP contribution in [0.2, 0.25) is 0 Å². The second-order valence-electron chi connectivity index (χ2n) is 6.51. The summed E-state index contributed by atoms with van der Waals surface area (Å²) in [5.41, 5.74) is 0.0165. The van der Waals surface area contributed by atoms with E-state index in [4.69, 9.17) is 9.47 Å². The summed E-state index contributed by atoms with van der Waals surface area (Å²) in [5.74, 6) is -0.124. The van der Waals surface area contributed by atoms with Crippen LogP contribution in [0.15, 0.2) is 12.4 Å². The normalized spacial score (nSPS) is 24.9. The Morgan fingerprint density at radius 1 is 1.21 bits per heavy atom. The van der Waals surface area contributed by atoms with Crippen molar-refractivity contribution in [3.63, 3.8) is 0 Å². The van der Waals surface area contributed by atoms with E-state index in [0.29, 0.717) is 39.5 Å². The predicted octanol–water partition coefficient (Wildman–Crippen LogP) is -0.332. The van der Waals surface area contributed by atoms with Gasteiger partial charge in [0.05, 0.1) is 32.6 Å². The van der Waals surface area contributed by atoms with Gasteiger partial charge in [-0.1, -0.05) is 0 Å². The molecule has 2 amide bonds. The van der Waals surface area contributed by atoms with Gasteiger partial charge in [-0.25, -0.2) is 0 Å². The van der Waals surface area contributed by atoms with Gasteiger partial charge < -0.3 is 19.3 Å². The summed E-state index contributed by atoms with van der Waals surface area (Å²) in [6, 6.07) is 0. The van der Waals surface area contributed by atoms with Gasteiger partial charge in [-0.2, -0.15) is 5.10 Å². The lowest BCUT2D eigenvalue weighted by atomic mass is 10.0. The van der Waals surface area contributed by atoms with E-state index in [1.165, 1.54) is 0 Å². The fourth-order valence-electron chi connectivity index (χ4n) is 3.11. The van der Waals surface area contributed by atoms with Gasteiger partial charge in [-0.05, 0) is 19.4 Å². The van der Waals surface area contributed by atoms with Gasteiger partial charge in [0.25, 0.3) is 5.91 Å². The molecule has 1 unspecified atom stereocenters. The molecule has 1 atom stereocenters. The van der Waals surface area contributed by atoms with Crippen molar-refractivity contribution in [1.82, 2.24) is 19.6 Å². The molecule has 2 fully saturated rings. The molecule has 3 rings (SSSR count). The fraction of sp³-hybridized carbons (Fsp3) is 0.688. The highest BCUT2D eigenvalue weighted by atomic mass is 16.5. The number of carbonyl (C=O) groups is 2. The minimum absolute atomic E-state index is 0.0533. The third kappa shape index (κ3) is 3.59. The second-order valence-corrected chi connectivity index (χ2v) is 6.51. The van der Waals surface area contributed by atoms with Crippen LogP contribution in [-0.2, 0) is 25.6 Å². The number of hydrogen-bond donors (Lipinski definition) is 0. The molecule has 24 heavy (non-hydrogen) atoms. The van der Waals surface area contributed by atoms with Crippen molar-refractivity contribution in [3.05, 3.63) is 18.0 Å². The summed E-state index contributed by atoms with van der Waals surface area (Å²) in [6.45, 7) is 7.21. The highest BCUT2D eigenvalue weighted by Crippen LogP contribution is 2.21. The summed E-state index contributed by atoms with van der Waals surface area (Å²) < 4.78 is 12.7. The standard InChI is InChI=1S/C16H24N4O4/c1-13-9-17-20(10-13)11-14(21)19-5-8-24-16(2,12-19)15(22)18-3-6-23-7-4-18/h9-10H,3-8,11-12H2,1-2H3. The Kier molecular flexibility index (Phi) is 4.86. The lowest BCUT2D eigenvalue weighted by Crippen LogP contribution is -2.61. The highest BCUT2D eigenvalue weighted by Gasteiger charge is 2.43. The van der Waals surface area contributed by atoms with Gasteiger partial charge in [0.1, 0.15) is 6.54 Å². The molecule has 1 aromatic heterocycles. The van der Waals surface area contributed by atoms with Crippen molar-refractivity contribution in [3.8, 4) is 0 Å². The van der Waals surface area contributed by atoms with E-state index >= 15 is 0 Å². The fourth-order valence-corrected chi connectivity index (χ4v) is 3.11. The molecule has 8 heteroatoms. The Morgan fingerprint density at radius 2 is 1.92 bits per heavy atom. The molecule has 2 saturated heterocycles. The van der Waals surface area contributed by atoms with Crippen LogP contribution in [0.1, 0.15) is 12.5 Å². The van der Waals surface area contributed by atoms with E-state index in [-0.39, 0.29) is 24.9 Å². The smallest absolute Gasteiger partial charge is 0.256 e. The van der Waals surface area contributed by atoms with Crippen LogP contribution in [0.3, 0.4) is 0 Å². The van der Waals surface area contributed by atoms with Crippen LogP contribution in [0.4, 0.5) is 0 Å². The van der Waals surface area contributed by atoms with Gasteiger partial charge in [0.15, 0.2) is 5.60 Å².